The van der Waals surface area contributed by atoms with Gasteiger partial charge < -0.3 is 21.7 Å². The SMILES string of the molecule is CCCCCCC(=O)COCC[n+]1ccn(C)c1.[Br-]. The van der Waals surface area contributed by atoms with Crippen LogP contribution in [0.2, 0.25) is 0 Å². The van der Waals surface area contributed by atoms with Gasteiger partial charge in [0.1, 0.15) is 25.5 Å². The summed E-state index contributed by atoms with van der Waals surface area (Å²) in [6.07, 6.45) is 11.2. The van der Waals surface area contributed by atoms with Crippen LogP contribution >= 0.6 is 0 Å². The molecule has 0 aliphatic carbocycles. The molecule has 0 aliphatic heterocycles. The molecule has 110 valence electrons. The van der Waals surface area contributed by atoms with Crippen LogP contribution in [0.4, 0.5) is 0 Å². The van der Waals surface area contributed by atoms with Crippen molar-refractivity contribution >= 4 is 5.78 Å². The minimum atomic E-state index is 0. The predicted molar refractivity (Wildman–Crippen MR) is 70.2 cm³/mol. The highest BCUT2D eigenvalue weighted by molar-refractivity contribution is 5.79. The molecule has 1 heterocycles. The van der Waals surface area contributed by atoms with Crippen molar-refractivity contribution in [3.05, 3.63) is 18.7 Å². The zero-order valence-corrected chi connectivity index (χ0v) is 13.6. The van der Waals surface area contributed by atoms with Gasteiger partial charge in [0.2, 0.25) is 6.33 Å². The van der Waals surface area contributed by atoms with E-state index in [0.717, 1.165) is 19.4 Å². The summed E-state index contributed by atoms with van der Waals surface area (Å²) < 4.78 is 9.42. The molecule has 4 nitrogen and oxygen atoms in total. The summed E-state index contributed by atoms with van der Waals surface area (Å²) in [6.45, 7) is 3.82. The number of unbranched alkanes of at least 4 members (excludes halogenated alkanes) is 3. The minimum Gasteiger partial charge on any atom is -1.00 e. The van der Waals surface area contributed by atoms with Crippen LogP contribution in [-0.2, 0) is 23.1 Å². The lowest BCUT2D eigenvalue weighted by atomic mass is 10.1. The molecule has 1 aromatic heterocycles. The fourth-order valence-corrected chi connectivity index (χ4v) is 1.81. The molecule has 0 fully saturated rings. The Labute approximate surface area is 126 Å². The van der Waals surface area contributed by atoms with Gasteiger partial charge in [0.25, 0.3) is 0 Å². The largest absolute Gasteiger partial charge is 1.00 e. The number of aromatic nitrogens is 2. The summed E-state index contributed by atoms with van der Waals surface area (Å²) in [5.41, 5.74) is 0. The van der Waals surface area contributed by atoms with Crippen molar-refractivity contribution in [3.63, 3.8) is 0 Å². The maximum absolute atomic E-state index is 11.5. The van der Waals surface area contributed by atoms with Gasteiger partial charge in [-0.2, -0.15) is 0 Å². The monoisotopic (exact) mass is 332 g/mol. The van der Waals surface area contributed by atoms with Crippen LogP contribution in [0.5, 0.6) is 0 Å². The Morgan fingerprint density at radius 3 is 2.74 bits per heavy atom. The third-order valence-electron chi connectivity index (χ3n) is 2.89. The van der Waals surface area contributed by atoms with Crippen LogP contribution in [0.15, 0.2) is 18.7 Å². The second kappa shape index (κ2) is 11.2. The number of Topliss-reactive ketones (excluding diaryl/α,β-unsaturated/α-hetero) is 1. The van der Waals surface area contributed by atoms with Crippen molar-refractivity contribution in [2.75, 3.05) is 13.2 Å². The number of ether oxygens (including phenoxy) is 1. The van der Waals surface area contributed by atoms with Crippen molar-refractivity contribution in [2.24, 2.45) is 7.05 Å². The summed E-state index contributed by atoms with van der Waals surface area (Å²) in [4.78, 5) is 11.5. The maximum Gasteiger partial charge on any atom is 0.243 e. The van der Waals surface area contributed by atoms with Crippen LogP contribution in [0.25, 0.3) is 0 Å². The molecular formula is C14H25BrN2O2. The van der Waals surface area contributed by atoms with Crippen LogP contribution in [0, 0.1) is 0 Å². The molecule has 0 aliphatic rings. The third kappa shape index (κ3) is 8.94. The van der Waals surface area contributed by atoms with Crippen molar-refractivity contribution in [1.29, 1.82) is 0 Å². The number of hydrogen-bond donors (Lipinski definition) is 0. The van der Waals surface area contributed by atoms with Crippen LogP contribution in [0.3, 0.4) is 0 Å². The standard InChI is InChI=1S/C14H25N2O2.BrH/c1-3-4-5-6-7-14(17)12-18-11-10-16-9-8-15(2)13-16;/h8-9,13H,3-7,10-12H2,1-2H3;1H/q+1;/p-1. The number of carbonyl (C=O) groups is 1. The van der Waals surface area contributed by atoms with Crippen molar-refractivity contribution in [3.8, 4) is 0 Å². The van der Waals surface area contributed by atoms with Gasteiger partial charge in [-0.1, -0.05) is 26.2 Å². The van der Waals surface area contributed by atoms with Gasteiger partial charge >= 0.3 is 0 Å². The molecule has 5 heteroatoms. The Hall–Kier alpha value is -0.680. The Morgan fingerprint density at radius 1 is 1.32 bits per heavy atom. The number of aryl methyl sites for hydroxylation is 1. The van der Waals surface area contributed by atoms with E-state index in [-0.39, 0.29) is 29.4 Å². The van der Waals surface area contributed by atoms with E-state index in [1.807, 2.05) is 34.9 Å². The fourth-order valence-electron chi connectivity index (χ4n) is 1.81. The second-order valence-corrected chi connectivity index (χ2v) is 4.72. The van der Waals surface area contributed by atoms with Gasteiger partial charge in [-0.3, -0.25) is 4.79 Å². The molecule has 0 N–H and O–H groups in total. The molecule has 1 aromatic rings. The fraction of sp³-hybridized carbons (Fsp3) is 0.714. The van der Waals surface area contributed by atoms with E-state index in [2.05, 4.69) is 6.92 Å². The molecule has 19 heavy (non-hydrogen) atoms. The Bertz CT molecular complexity index is 353. The number of rotatable bonds is 10. The van der Waals surface area contributed by atoms with Gasteiger partial charge in [0.15, 0.2) is 5.78 Å². The third-order valence-corrected chi connectivity index (χ3v) is 2.89. The molecule has 0 spiro atoms. The van der Waals surface area contributed by atoms with E-state index in [9.17, 15) is 4.79 Å². The normalized spacial score (nSPS) is 10.2. The zero-order chi connectivity index (χ0) is 13.2. The lowest BCUT2D eigenvalue weighted by Crippen LogP contribution is -3.00. The van der Waals surface area contributed by atoms with E-state index < -0.39 is 0 Å². The minimum absolute atomic E-state index is 0. The lowest BCUT2D eigenvalue weighted by Gasteiger charge is -2.02. The molecule has 0 amide bonds. The summed E-state index contributed by atoms with van der Waals surface area (Å²) >= 11 is 0. The number of nitrogens with zero attached hydrogens (tertiary/aromatic N) is 2. The Morgan fingerprint density at radius 2 is 2.11 bits per heavy atom. The smallest absolute Gasteiger partial charge is 0.243 e. The molecule has 0 saturated heterocycles. The van der Waals surface area contributed by atoms with E-state index >= 15 is 0 Å². The van der Waals surface area contributed by atoms with Crippen molar-refractivity contribution < 1.29 is 31.1 Å². The number of halogens is 1. The first-order valence-electron chi connectivity index (χ1n) is 6.83. The Balaban J connectivity index is 0.00000324. The van der Waals surface area contributed by atoms with Gasteiger partial charge in [0, 0.05) is 6.42 Å². The van der Waals surface area contributed by atoms with E-state index in [0.29, 0.717) is 13.0 Å². The van der Waals surface area contributed by atoms with Crippen LogP contribution in [0.1, 0.15) is 39.0 Å². The highest BCUT2D eigenvalue weighted by Gasteiger charge is 2.03. The van der Waals surface area contributed by atoms with Crippen molar-refractivity contribution in [1.82, 2.24) is 4.57 Å². The van der Waals surface area contributed by atoms with Crippen LogP contribution < -0.4 is 21.5 Å². The average Bonchev–Trinajstić information content (AvgIpc) is 2.76. The maximum atomic E-state index is 11.5. The number of ketones is 1. The molecule has 0 bridgehead atoms. The topological polar surface area (TPSA) is 35.1 Å². The quantitative estimate of drug-likeness (QED) is 0.401. The molecule has 0 radical (unpaired) electrons. The Kier molecular flexibility index (Phi) is 10.8. The highest BCUT2D eigenvalue weighted by Crippen LogP contribution is 2.02. The number of imidazole rings is 1. The summed E-state index contributed by atoms with van der Waals surface area (Å²) in [7, 11) is 1.98. The van der Waals surface area contributed by atoms with Gasteiger partial charge in [0.05, 0.1) is 13.7 Å². The molecule has 1 rings (SSSR count). The summed E-state index contributed by atoms with van der Waals surface area (Å²) in [5, 5.41) is 0. The van der Waals surface area contributed by atoms with Crippen LogP contribution in [-0.4, -0.2) is 23.6 Å². The van der Waals surface area contributed by atoms with E-state index in [1.54, 1.807) is 0 Å². The number of carbonyl (C=O) groups excluding carboxylic acids is 1. The van der Waals surface area contributed by atoms with E-state index in [4.69, 9.17) is 4.74 Å². The molecule has 0 unspecified atom stereocenters. The molecule has 0 saturated carbocycles. The van der Waals surface area contributed by atoms with Gasteiger partial charge in [-0.15, -0.1) is 0 Å². The zero-order valence-electron chi connectivity index (χ0n) is 12.0. The van der Waals surface area contributed by atoms with Crippen molar-refractivity contribution in [2.45, 2.75) is 45.6 Å². The highest BCUT2D eigenvalue weighted by atomic mass is 79.9. The summed E-state index contributed by atoms with van der Waals surface area (Å²) in [6, 6.07) is 0. The van der Waals surface area contributed by atoms with E-state index in [1.165, 1.54) is 12.8 Å². The van der Waals surface area contributed by atoms with Gasteiger partial charge in [-0.05, 0) is 6.42 Å². The molecular weight excluding hydrogens is 308 g/mol. The first kappa shape index (κ1) is 18.3. The second-order valence-electron chi connectivity index (χ2n) is 4.72. The first-order valence-corrected chi connectivity index (χ1v) is 6.83. The first-order chi connectivity index (χ1) is 8.72. The lowest BCUT2D eigenvalue weighted by molar-refractivity contribution is -0.697. The number of hydrogen-bond acceptors (Lipinski definition) is 2. The summed E-state index contributed by atoms with van der Waals surface area (Å²) in [5.74, 6) is 0.226. The molecule has 0 atom stereocenters. The van der Waals surface area contributed by atoms with Gasteiger partial charge in [-0.25, -0.2) is 9.13 Å². The average molecular weight is 333 g/mol. The molecule has 0 aromatic carbocycles. The predicted octanol–water partition coefficient (Wildman–Crippen LogP) is -1.13.